The molecule has 41 heavy (non-hydrogen) atoms. The zero-order valence-corrected chi connectivity index (χ0v) is 24.1. The van der Waals surface area contributed by atoms with Crippen LogP contribution in [-0.4, -0.2) is 81.4 Å². The molecular weight excluding hydrogens is 552 g/mol. The van der Waals surface area contributed by atoms with Crippen molar-refractivity contribution in [3.63, 3.8) is 0 Å². The van der Waals surface area contributed by atoms with Crippen LogP contribution in [0.25, 0.3) is 11.4 Å². The van der Waals surface area contributed by atoms with Gasteiger partial charge in [0, 0.05) is 43.4 Å². The molecule has 4 rings (SSSR count). The molecule has 0 bridgehead atoms. The third-order valence-corrected chi connectivity index (χ3v) is 8.21. The topological polar surface area (TPSA) is 174 Å². The zero-order chi connectivity index (χ0) is 29.7. The van der Waals surface area contributed by atoms with Crippen molar-refractivity contribution in [2.24, 2.45) is 5.92 Å². The first-order valence-electron chi connectivity index (χ1n) is 13.2. The van der Waals surface area contributed by atoms with Crippen molar-refractivity contribution < 1.29 is 38.0 Å². The van der Waals surface area contributed by atoms with Crippen molar-refractivity contribution in [1.29, 1.82) is 0 Å². The summed E-state index contributed by atoms with van der Waals surface area (Å²) in [5, 5.41) is 19.5. The van der Waals surface area contributed by atoms with Gasteiger partial charge in [0.25, 0.3) is 5.91 Å². The number of hydrogen-bond donors (Lipinski definition) is 3. The maximum absolute atomic E-state index is 13.4. The summed E-state index contributed by atoms with van der Waals surface area (Å²) in [6.07, 6.45) is 0.0375. The molecule has 2 aromatic heterocycles. The van der Waals surface area contributed by atoms with Gasteiger partial charge >= 0.3 is 12.1 Å². The minimum Gasteiger partial charge on any atom is -0.462 e. The van der Waals surface area contributed by atoms with Crippen molar-refractivity contribution in [2.45, 2.75) is 46.1 Å². The second-order valence-corrected chi connectivity index (χ2v) is 11.2. The van der Waals surface area contributed by atoms with Gasteiger partial charge in [-0.1, -0.05) is 28.6 Å². The average molecular weight is 586 g/mol. The monoisotopic (exact) mass is 585 g/mol. The number of anilines is 1. The second-order valence-electron chi connectivity index (χ2n) is 10.2. The smallest absolute Gasteiger partial charge is 0.462 e. The SMILES string of the molecule is CCOC(=O)c1sc(NC(=O)CC(NC(=O)c2cccc(-c3noc(C)n3)c2)C2CC[N+](C)(C(=O)O)CC2)nc1C. The molecule has 3 heterocycles. The summed E-state index contributed by atoms with van der Waals surface area (Å²) in [6.45, 7) is 6.00. The number of likely N-dealkylation sites (tertiary alicyclic amines) is 1. The first kappa shape index (κ1) is 29.8. The Kier molecular flexibility index (Phi) is 9.13. The predicted octanol–water partition coefficient (Wildman–Crippen LogP) is 3.65. The number of quaternary nitrogens is 1. The van der Waals surface area contributed by atoms with Gasteiger partial charge in [-0.2, -0.15) is 9.78 Å². The fourth-order valence-electron chi connectivity index (χ4n) is 4.76. The van der Waals surface area contributed by atoms with E-state index >= 15 is 0 Å². The fraction of sp³-hybridized carbons (Fsp3) is 0.444. The molecule has 1 atom stereocenters. The van der Waals surface area contributed by atoms with E-state index in [-0.39, 0.29) is 34.5 Å². The van der Waals surface area contributed by atoms with Crippen molar-refractivity contribution in [3.05, 3.63) is 46.3 Å². The van der Waals surface area contributed by atoms with E-state index in [4.69, 9.17) is 9.26 Å². The van der Waals surface area contributed by atoms with Gasteiger partial charge in [0.2, 0.25) is 17.6 Å². The molecule has 14 heteroatoms. The highest BCUT2D eigenvalue weighted by Crippen LogP contribution is 2.28. The van der Waals surface area contributed by atoms with Crippen molar-refractivity contribution >= 4 is 40.3 Å². The molecule has 1 unspecified atom stereocenters. The molecule has 1 aromatic carbocycles. The van der Waals surface area contributed by atoms with Crippen LogP contribution in [0.1, 0.15) is 57.8 Å². The summed E-state index contributed by atoms with van der Waals surface area (Å²) in [4.78, 5) is 59.2. The molecule has 3 N–H and O–H groups in total. The number of thiazole rings is 1. The lowest BCUT2D eigenvalue weighted by Gasteiger charge is -2.38. The first-order valence-corrected chi connectivity index (χ1v) is 14.0. The van der Waals surface area contributed by atoms with Crippen LogP contribution in [-0.2, 0) is 9.53 Å². The highest BCUT2D eigenvalue weighted by atomic mass is 32.1. The summed E-state index contributed by atoms with van der Waals surface area (Å²) in [5.41, 5.74) is 1.41. The van der Waals surface area contributed by atoms with E-state index in [2.05, 4.69) is 25.8 Å². The molecule has 0 saturated carbocycles. The summed E-state index contributed by atoms with van der Waals surface area (Å²) in [6, 6.07) is 6.19. The van der Waals surface area contributed by atoms with Gasteiger partial charge in [0.05, 0.1) is 32.4 Å². The molecule has 3 aromatic rings. The standard InChI is InChI=1S/C27H32N6O7S/c1-5-39-25(36)22-15(2)28-26(41-22)31-21(34)14-20(17-9-11-33(4,12-10-17)27(37)38)30-24(35)19-8-6-7-18(13-19)23-29-16(3)40-32-23/h6-8,13,17,20H,5,9-12,14H2,1-4H3,(H2-,28,30,31,34,35,36,37,38)/p+1. The summed E-state index contributed by atoms with van der Waals surface area (Å²) >= 11 is 1.02. The number of benzene rings is 1. The lowest BCUT2D eigenvalue weighted by atomic mass is 9.86. The highest BCUT2D eigenvalue weighted by molar-refractivity contribution is 7.17. The van der Waals surface area contributed by atoms with Crippen LogP contribution in [0.2, 0.25) is 0 Å². The van der Waals surface area contributed by atoms with E-state index in [0.717, 1.165) is 11.3 Å². The molecule has 218 valence electrons. The van der Waals surface area contributed by atoms with Gasteiger partial charge in [-0.25, -0.2) is 14.3 Å². The molecule has 13 nitrogen and oxygen atoms in total. The number of nitrogens with one attached hydrogen (secondary N) is 2. The number of aryl methyl sites for hydroxylation is 2. The maximum Gasteiger partial charge on any atom is 0.513 e. The van der Waals surface area contributed by atoms with Gasteiger partial charge in [-0.15, -0.1) is 0 Å². The molecule has 1 aliphatic rings. The Morgan fingerprint density at radius 2 is 1.93 bits per heavy atom. The normalized spacial score (nSPS) is 19.3. The quantitative estimate of drug-likeness (QED) is 0.248. The molecular formula is C27H33N6O7S+. The van der Waals surface area contributed by atoms with E-state index in [0.29, 0.717) is 59.3 Å². The van der Waals surface area contributed by atoms with Crippen LogP contribution in [0, 0.1) is 19.8 Å². The van der Waals surface area contributed by atoms with Crippen molar-refractivity contribution in [1.82, 2.24) is 20.4 Å². The highest BCUT2D eigenvalue weighted by Gasteiger charge is 2.40. The van der Waals surface area contributed by atoms with Gasteiger partial charge < -0.3 is 25.0 Å². The number of aromatic nitrogens is 3. The summed E-state index contributed by atoms with van der Waals surface area (Å²) in [7, 11) is 1.66. The van der Waals surface area contributed by atoms with Crippen LogP contribution in [0.15, 0.2) is 28.8 Å². The van der Waals surface area contributed by atoms with Crippen molar-refractivity contribution in [2.75, 3.05) is 32.1 Å². The second kappa shape index (κ2) is 12.6. The number of nitrogens with zero attached hydrogens (tertiary/aromatic N) is 4. The van der Waals surface area contributed by atoms with Crippen LogP contribution in [0.4, 0.5) is 9.93 Å². The molecule has 1 saturated heterocycles. The average Bonchev–Trinajstić information content (AvgIpc) is 3.53. The van der Waals surface area contributed by atoms with Crippen LogP contribution in [0.5, 0.6) is 0 Å². The number of hydrogen-bond acceptors (Lipinski definition) is 10. The number of piperidine rings is 1. The first-order chi connectivity index (χ1) is 19.5. The van der Waals surface area contributed by atoms with Crippen molar-refractivity contribution in [3.8, 4) is 11.4 Å². The molecule has 0 aliphatic carbocycles. The van der Waals surface area contributed by atoms with E-state index in [9.17, 15) is 24.3 Å². The van der Waals surface area contributed by atoms with Crippen LogP contribution >= 0.6 is 11.3 Å². The Hall–Kier alpha value is -4.17. The van der Waals surface area contributed by atoms with E-state index in [1.165, 1.54) is 0 Å². The minimum atomic E-state index is -0.910. The third kappa shape index (κ3) is 7.13. The van der Waals surface area contributed by atoms with E-state index in [1.54, 1.807) is 52.1 Å². The lowest BCUT2D eigenvalue weighted by Crippen LogP contribution is -2.56. The molecule has 0 radical (unpaired) electrons. The summed E-state index contributed by atoms with van der Waals surface area (Å²) < 4.78 is 9.97. The number of carboxylic acid groups (broad SMARTS) is 1. The van der Waals surface area contributed by atoms with Gasteiger partial charge in [-0.3, -0.25) is 9.59 Å². The Balaban J connectivity index is 1.51. The minimum absolute atomic E-state index is 0.0652. The summed E-state index contributed by atoms with van der Waals surface area (Å²) in [5.74, 6) is -0.668. The number of carbonyl (C=O) groups is 4. The molecule has 1 aliphatic heterocycles. The number of rotatable bonds is 9. The number of esters is 1. The lowest BCUT2D eigenvalue weighted by molar-refractivity contribution is -0.844. The molecule has 1 fully saturated rings. The third-order valence-electron chi connectivity index (χ3n) is 7.15. The zero-order valence-electron chi connectivity index (χ0n) is 23.3. The van der Waals surface area contributed by atoms with Gasteiger partial charge in [-0.05, 0) is 31.9 Å². The van der Waals surface area contributed by atoms with E-state index in [1.807, 2.05) is 0 Å². The largest absolute Gasteiger partial charge is 0.513 e. The molecule has 3 amide bonds. The van der Waals surface area contributed by atoms with Gasteiger partial charge in [0.15, 0.2) is 5.13 Å². The Morgan fingerprint density at radius 3 is 2.56 bits per heavy atom. The van der Waals surface area contributed by atoms with Crippen LogP contribution < -0.4 is 10.6 Å². The maximum atomic E-state index is 13.4. The predicted molar refractivity (Wildman–Crippen MR) is 148 cm³/mol. The molecule has 0 spiro atoms. The Labute approximate surface area is 240 Å². The van der Waals surface area contributed by atoms with Gasteiger partial charge in [0.1, 0.15) is 4.88 Å². The number of ether oxygens (including phenoxy) is 1. The number of carbonyl (C=O) groups excluding carboxylic acids is 3. The fourth-order valence-corrected chi connectivity index (χ4v) is 5.64. The van der Waals surface area contributed by atoms with E-state index < -0.39 is 24.0 Å². The van der Waals surface area contributed by atoms with Crippen LogP contribution in [0.3, 0.4) is 0 Å². The number of amides is 3. The Morgan fingerprint density at radius 1 is 1.20 bits per heavy atom. The Bertz CT molecular complexity index is 1440.